The third-order valence-electron chi connectivity index (χ3n) is 4.03. The Hall–Kier alpha value is -1.36. The van der Waals surface area contributed by atoms with Crippen LogP contribution in [0.5, 0.6) is 0 Å². The van der Waals surface area contributed by atoms with Crippen LogP contribution < -0.4 is 5.32 Å². The first-order valence-electron chi connectivity index (χ1n) is 7.63. The molecule has 22 heavy (non-hydrogen) atoms. The van der Waals surface area contributed by atoms with Crippen molar-refractivity contribution in [1.82, 2.24) is 0 Å². The van der Waals surface area contributed by atoms with Crippen molar-refractivity contribution in [2.75, 3.05) is 18.1 Å². The first kappa shape index (κ1) is 18.7. The Morgan fingerprint density at radius 1 is 1.14 bits per heavy atom. The average Bonchev–Trinajstić information content (AvgIpc) is 2.36. The third kappa shape index (κ3) is 4.83. The van der Waals surface area contributed by atoms with Gasteiger partial charge in [-0.1, -0.05) is 27.7 Å². The normalized spacial score (nSPS) is 12.2. The second-order valence-electron chi connectivity index (χ2n) is 6.57. The van der Waals surface area contributed by atoms with Crippen molar-refractivity contribution >= 4 is 21.3 Å². The van der Waals surface area contributed by atoms with Gasteiger partial charge in [-0.2, -0.15) is 0 Å². The van der Waals surface area contributed by atoms with Crippen LogP contribution in [0.15, 0.2) is 23.1 Å². The molecule has 4 nitrogen and oxygen atoms in total. The summed E-state index contributed by atoms with van der Waals surface area (Å²) in [6, 6.07) is 4.71. The molecule has 0 unspecified atom stereocenters. The largest absolute Gasteiger partial charge is 0.384 e. The Morgan fingerprint density at radius 3 is 2.09 bits per heavy atom. The second-order valence-corrected chi connectivity index (χ2v) is 8.56. The molecule has 0 aliphatic heterocycles. The first-order chi connectivity index (χ1) is 10.0. The maximum absolute atomic E-state index is 11.9. The highest BCUT2D eigenvalue weighted by molar-refractivity contribution is 7.90. The number of carbonyl (C=O) groups is 1. The van der Waals surface area contributed by atoms with Crippen molar-refractivity contribution in [2.24, 2.45) is 17.8 Å². The number of ketones is 1. The molecule has 0 heterocycles. The monoisotopic (exact) mass is 325 g/mol. The molecular formula is C17H27NO3S. The maximum Gasteiger partial charge on any atom is 0.177 e. The molecule has 0 aromatic heterocycles. The highest BCUT2D eigenvalue weighted by atomic mass is 32.2. The molecular weight excluding hydrogens is 298 g/mol. The Bertz CT molecular complexity index is 625. The minimum Gasteiger partial charge on any atom is -0.384 e. The molecule has 0 atom stereocenters. The van der Waals surface area contributed by atoms with Crippen molar-refractivity contribution in [3.8, 4) is 0 Å². The number of sulfone groups is 1. The molecule has 0 aliphatic carbocycles. The van der Waals surface area contributed by atoms with Crippen LogP contribution in [0.4, 0.5) is 5.69 Å². The van der Waals surface area contributed by atoms with Crippen LogP contribution in [0.2, 0.25) is 0 Å². The number of rotatable bonds is 7. The third-order valence-corrected chi connectivity index (χ3v) is 5.18. The minimum absolute atomic E-state index is 0.0765. The lowest BCUT2D eigenvalue weighted by molar-refractivity contribution is 0.101. The van der Waals surface area contributed by atoms with Crippen molar-refractivity contribution in [3.05, 3.63) is 23.8 Å². The molecule has 0 saturated heterocycles. The van der Waals surface area contributed by atoms with E-state index in [2.05, 4.69) is 33.0 Å². The van der Waals surface area contributed by atoms with Crippen molar-refractivity contribution in [2.45, 2.75) is 39.5 Å². The molecule has 1 rings (SSSR count). The van der Waals surface area contributed by atoms with Crippen LogP contribution in [0, 0.1) is 17.8 Å². The van der Waals surface area contributed by atoms with Crippen LogP contribution in [0.25, 0.3) is 0 Å². The van der Waals surface area contributed by atoms with Gasteiger partial charge in [0.15, 0.2) is 15.6 Å². The zero-order valence-electron chi connectivity index (χ0n) is 14.3. The lowest BCUT2D eigenvalue weighted by Crippen LogP contribution is -2.25. The minimum atomic E-state index is -3.34. The zero-order valence-corrected chi connectivity index (χ0v) is 15.1. The van der Waals surface area contributed by atoms with E-state index >= 15 is 0 Å². The van der Waals surface area contributed by atoms with E-state index in [1.165, 1.54) is 19.2 Å². The second kappa shape index (κ2) is 7.27. The Kier molecular flexibility index (Phi) is 6.17. The Labute approximate surface area is 134 Å². The standard InChI is InChI=1S/C17H27NO3S/c1-11(2)15(12(3)4)10-18-16-9-14(13(5)19)7-8-17(16)22(6,20)21/h7-9,11-12,15,18H,10H2,1-6H3. The van der Waals surface area contributed by atoms with E-state index in [1.54, 1.807) is 12.1 Å². The maximum atomic E-state index is 11.9. The van der Waals surface area contributed by atoms with Gasteiger partial charge in [-0.15, -0.1) is 0 Å². The number of hydrogen-bond donors (Lipinski definition) is 1. The summed E-state index contributed by atoms with van der Waals surface area (Å²) in [7, 11) is -3.34. The SMILES string of the molecule is CC(=O)c1ccc(S(C)(=O)=O)c(NCC(C(C)C)C(C)C)c1. The Balaban J connectivity index is 3.15. The van der Waals surface area contributed by atoms with Gasteiger partial charge < -0.3 is 5.32 Å². The molecule has 0 fully saturated rings. The van der Waals surface area contributed by atoms with E-state index < -0.39 is 9.84 Å². The van der Waals surface area contributed by atoms with Crippen LogP contribution in [-0.2, 0) is 9.84 Å². The predicted octanol–water partition coefficient (Wildman–Crippen LogP) is 3.63. The molecule has 0 saturated carbocycles. The van der Waals surface area contributed by atoms with Crippen molar-refractivity contribution in [3.63, 3.8) is 0 Å². The molecule has 0 spiro atoms. The van der Waals surface area contributed by atoms with E-state index in [4.69, 9.17) is 0 Å². The Morgan fingerprint density at radius 2 is 1.68 bits per heavy atom. The van der Waals surface area contributed by atoms with Gasteiger partial charge in [0.25, 0.3) is 0 Å². The average molecular weight is 325 g/mol. The summed E-state index contributed by atoms with van der Waals surface area (Å²) in [4.78, 5) is 11.8. The molecule has 1 aromatic carbocycles. The van der Waals surface area contributed by atoms with Gasteiger partial charge in [0.1, 0.15) is 0 Å². The summed E-state index contributed by atoms with van der Waals surface area (Å²) in [5.74, 6) is 1.33. The van der Waals surface area contributed by atoms with Gasteiger partial charge in [-0.05, 0) is 42.9 Å². The summed E-state index contributed by atoms with van der Waals surface area (Å²) in [6.07, 6.45) is 1.18. The van der Waals surface area contributed by atoms with Gasteiger partial charge in [0.2, 0.25) is 0 Å². The lowest BCUT2D eigenvalue weighted by atomic mass is 9.85. The molecule has 1 N–H and O–H groups in total. The van der Waals surface area contributed by atoms with Gasteiger partial charge >= 0.3 is 0 Å². The topological polar surface area (TPSA) is 63.2 Å². The van der Waals surface area contributed by atoms with Gasteiger partial charge in [-0.25, -0.2) is 8.42 Å². The van der Waals surface area contributed by atoms with Gasteiger partial charge in [0, 0.05) is 18.4 Å². The molecule has 0 radical (unpaired) electrons. The van der Waals surface area contributed by atoms with Crippen LogP contribution in [-0.4, -0.2) is 27.0 Å². The van der Waals surface area contributed by atoms with E-state index in [9.17, 15) is 13.2 Å². The van der Waals surface area contributed by atoms with Crippen molar-refractivity contribution in [1.29, 1.82) is 0 Å². The van der Waals surface area contributed by atoms with Gasteiger partial charge in [-0.3, -0.25) is 4.79 Å². The first-order valence-corrected chi connectivity index (χ1v) is 9.52. The zero-order chi connectivity index (χ0) is 17.1. The van der Waals surface area contributed by atoms with Gasteiger partial charge in [0.05, 0.1) is 10.6 Å². The number of benzene rings is 1. The molecule has 124 valence electrons. The molecule has 0 amide bonds. The quantitative estimate of drug-likeness (QED) is 0.778. The number of hydrogen-bond acceptors (Lipinski definition) is 4. The fraction of sp³-hybridized carbons (Fsp3) is 0.588. The molecule has 1 aromatic rings. The highest BCUT2D eigenvalue weighted by Crippen LogP contribution is 2.26. The molecule has 0 aliphatic rings. The number of nitrogens with one attached hydrogen (secondary N) is 1. The van der Waals surface area contributed by atoms with E-state index in [-0.39, 0.29) is 10.7 Å². The van der Waals surface area contributed by atoms with Crippen LogP contribution in [0.1, 0.15) is 45.0 Å². The summed E-state index contributed by atoms with van der Waals surface area (Å²) in [6.45, 7) is 10.8. The number of Topliss-reactive ketones (excluding diaryl/α,β-unsaturated/α-hetero) is 1. The summed E-state index contributed by atoms with van der Waals surface area (Å²) >= 11 is 0. The summed E-state index contributed by atoms with van der Waals surface area (Å²) in [5.41, 5.74) is 1.03. The van der Waals surface area contributed by atoms with E-state index in [1.807, 2.05) is 0 Å². The predicted molar refractivity (Wildman–Crippen MR) is 91.2 cm³/mol. The van der Waals surface area contributed by atoms with Crippen LogP contribution >= 0.6 is 0 Å². The van der Waals surface area contributed by atoms with Crippen molar-refractivity contribution < 1.29 is 13.2 Å². The van der Waals surface area contributed by atoms with Crippen LogP contribution in [0.3, 0.4) is 0 Å². The van der Waals surface area contributed by atoms with E-state index in [0.29, 0.717) is 35.5 Å². The highest BCUT2D eigenvalue weighted by Gasteiger charge is 2.20. The smallest absolute Gasteiger partial charge is 0.177 e. The number of anilines is 1. The fourth-order valence-corrected chi connectivity index (χ4v) is 3.53. The summed E-state index contributed by atoms with van der Waals surface area (Å²) < 4.78 is 23.8. The molecule has 0 bridgehead atoms. The fourth-order valence-electron chi connectivity index (χ4n) is 2.68. The van der Waals surface area contributed by atoms with E-state index in [0.717, 1.165) is 0 Å². The lowest BCUT2D eigenvalue weighted by Gasteiger charge is -2.26. The molecule has 5 heteroatoms. The summed E-state index contributed by atoms with van der Waals surface area (Å²) in [5, 5.41) is 3.25. The number of carbonyl (C=O) groups excluding carboxylic acids is 1.